The van der Waals surface area contributed by atoms with E-state index < -0.39 is 30.2 Å². The standard InChI is InChI=1S/C46H31NO/c1-2-10-32(11-3-1)33-20-26-37(27-21-33)47(38-28-22-35(23-29-38)41-16-8-13-34-12-4-5-14-40(34)41)39-30-24-36(25-31-39)42-17-9-18-44-43-15-6-7-19-45(43)48-46(42)44/h1-31H/i4D,5D,8D,12D,13D,14D,16D. The Morgan fingerprint density at radius 1 is 0.396 bits per heavy atom. The highest BCUT2D eigenvalue weighted by Gasteiger charge is 2.16. The average molecular weight is 621 g/mol. The molecule has 0 bridgehead atoms. The number of benzene rings is 8. The molecule has 0 aliphatic rings. The molecule has 0 atom stereocenters. The van der Waals surface area contributed by atoms with E-state index in [1.54, 1.807) is 12.1 Å². The van der Waals surface area contributed by atoms with Gasteiger partial charge in [-0.25, -0.2) is 0 Å². The Kier molecular flexibility index (Phi) is 5.25. The minimum atomic E-state index is -0.473. The lowest BCUT2D eigenvalue weighted by molar-refractivity contribution is 0.670. The summed E-state index contributed by atoms with van der Waals surface area (Å²) in [5.41, 5.74) is 9.18. The zero-order valence-electron chi connectivity index (χ0n) is 32.7. The van der Waals surface area contributed by atoms with Gasteiger partial charge < -0.3 is 9.32 Å². The van der Waals surface area contributed by atoms with Crippen LogP contribution in [-0.4, -0.2) is 0 Å². The molecule has 0 radical (unpaired) electrons. The van der Waals surface area contributed by atoms with Crippen LogP contribution in [0, 0.1) is 0 Å². The summed E-state index contributed by atoms with van der Waals surface area (Å²) in [5.74, 6) is 0. The number of para-hydroxylation sites is 2. The van der Waals surface area contributed by atoms with Crippen LogP contribution in [0.2, 0.25) is 0 Å². The van der Waals surface area contributed by atoms with Gasteiger partial charge in [0.15, 0.2) is 0 Å². The van der Waals surface area contributed by atoms with Crippen LogP contribution >= 0.6 is 0 Å². The highest BCUT2D eigenvalue weighted by atomic mass is 16.3. The fourth-order valence-corrected chi connectivity index (χ4v) is 6.45. The Labute approximate surface area is 289 Å². The number of anilines is 3. The smallest absolute Gasteiger partial charge is 0.143 e. The van der Waals surface area contributed by atoms with Crippen LogP contribution in [0.5, 0.6) is 0 Å². The minimum Gasteiger partial charge on any atom is -0.455 e. The molecule has 0 aliphatic heterocycles. The molecular formula is C46H31NO. The molecule has 0 saturated carbocycles. The molecule has 9 rings (SSSR count). The quantitative estimate of drug-likeness (QED) is 0.184. The zero-order chi connectivity index (χ0) is 38.0. The zero-order valence-corrected chi connectivity index (χ0v) is 25.7. The lowest BCUT2D eigenvalue weighted by Gasteiger charge is -2.26. The maximum absolute atomic E-state index is 8.84. The molecule has 0 aliphatic carbocycles. The first-order chi connectivity index (χ1) is 26.7. The van der Waals surface area contributed by atoms with Gasteiger partial charge in [0.2, 0.25) is 0 Å². The predicted molar refractivity (Wildman–Crippen MR) is 202 cm³/mol. The van der Waals surface area contributed by atoms with Crippen molar-refractivity contribution in [2.45, 2.75) is 0 Å². The second kappa shape index (κ2) is 11.8. The van der Waals surface area contributed by atoms with Gasteiger partial charge in [0, 0.05) is 33.4 Å². The summed E-state index contributed by atoms with van der Waals surface area (Å²) in [7, 11) is 0. The number of nitrogens with zero attached hydrogens (tertiary/aromatic N) is 1. The van der Waals surface area contributed by atoms with E-state index in [0.29, 0.717) is 5.56 Å². The van der Waals surface area contributed by atoms with E-state index in [4.69, 9.17) is 14.0 Å². The van der Waals surface area contributed by atoms with Gasteiger partial charge in [-0.3, -0.25) is 0 Å². The Bertz CT molecular complexity index is 2920. The van der Waals surface area contributed by atoms with Gasteiger partial charge in [-0.1, -0.05) is 145 Å². The summed E-state index contributed by atoms with van der Waals surface area (Å²) in [6.07, 6.45) is 0. The van der Waals surface area contributed by atoms with Crippen molar-refractivity contribution in [2.24, 2.45) is 0 Å². The summed E-state index contributed by atoms with van der Waals surface area (Å²) >= 11 is 0. The second-order valence-corrected chi connectivity index (χ2v) is 11.6. The van der Waals surface area contributed by atoms with E-state index in [2.05, 4.69) is 83.8 Å². The molecule has 226 valence electrons. The molecule has 0 amide bonds. The second-order valence-electron chi connectivity index (χ2n) is 11.6. The van der Waals surface area contributed by atoms with Gasteiger partial charge in [0.25, 0.3) is 0 Å². The van der Waals surface area contributed by atoms with Crippen LogP contribution in [0.1, 0.15) is 9.60 Å². The van der Waals surface area contributed by atoms with E-state index in [-0.39, 0.29) is 28.4 Å². The molecule has 0 saturated heterocycles. The van der Waals surface area contributed by atoms with Crippen molar-refractivity contribution >= 4 is 49.8 Å². The van der Waals surface area contributed by atoms with E-state index in [0.717, 1.165) is 61.3 Å². The van der Waals surface area contributed by atoms with Gasteiger partial charge >= 0.3 is 0 Å². The minimum absolute atomic E-state index is 0.0631. The van der Waals surface area contributed by atoms with E-state index >= 15 is 0 Å². The molecule has 9 aromatic rings. The SMILES string of the molecule is [2H]c1c([2H])c([2H])c2c(-c3ccc(N(c4ccc(-c5ccccc5)cc4)c4ccc(-c5cccc6c5oc5ccccc56)cc4)cc3)c([2H])c([2H])c([2H])c2c1[2H]. The molecule has 0 spiro atoms. The fraction of sp³-hybridized carbons (Fsp3) is 0. The molecule has 1 aromatic heterocycles. The third-order valence-electron chi connectivity index (χ3n) is 8.80. The molecule has 0 N–H and O–H groups in total. The van der Waals surface area contributed by atoms with Crippen molar-refractivity contribution in [3.05, 3.63) is 188 Å². The molecule has 0 unspecified atom stereocenters. The first kappa shape index (κ1) is 21.4. The van der Waals surface area contributed by atoms with Gasteiger partial charge in [-0.15, -0.1) is 0 Å². The van der Waals surface area contributed by atoms with E-state index in [9.17, 15) is 0 Å². The van der Waals surface area contributed by atoms with Crippen molar-refractivity contribution in [1.29, 1.82) is 0 Å². The Hall–Kier alpha value is -6.38. The maximum atomic E-state index is 8.84. The Morgan fingerprint density at radius 3 is 1.69 bits per heavy atom. The summed E-state index contributed by atoms with van der Waals surface area (Å²) in [6, 6.07) is 45.8. The molecule has 0 fully saturated rings. The fourth-order valence-electron chi connectivity index (χ4n) is 6.45. The van der Waals surface area contributed by atoms with E-state index in [1.165, 1.54) is 0 Å². The predicted octanol–water partition coefficient (Wildman–Crippen LogP) is 13.2. The van der Waals surface area contributed by atoms with Crippen molar-refractivity contribution in [1.82, 2.24) is 0 Å². The van der Waals surface area contributed by atoms with Gasteiger partial charge in [-0.2, -0.15) is 0 Å². The third kappa shape index (κ3) is 4.92. The first-order valence-electron chi connectivity index (χ1n) is 19.3. The number of hydrogen-bond acceptors (Lipinski definition) is 2. The van der Waals surface area contributed by atoms with Crippen LogP contribution < -0.4 is 4.90 Å². The van der Waals surface area contributed by atoms with Crippen LogP contribution in [0.3, 0.4) is 0 Å². The Morgan fingerprint density at radius 2 is 0.958 bits per heavy atom. The van der Waals surface area contributed by atoms with Crippen molar-refractivity contribution in [3.63, 3.8) is 0 Å². The molecule has 2 heteroatoms. The van der Waals surface area contributed by atoms with Crippen molar-refractivity contribution in [2.75, 3.05) is 4.90 Å². The first-order valence-corrected chi connectivity index (χ1v) is 15.8. The van der Waals surface area contributed by atoms with Crippen LogP contribution in [0.4, 0.5) is 17.1 Å². The van der Waals surface area contributed by atoms with Gasteiger partial charge in [0.05, 0.1) is 9.60 Å². The van der Waals surface area contributed by atoms with E-state index in [1.807, 2.05) is 54.6 Å². The number of hydrogen-bond donors (Lipinski definition) is 0. The summed E-state index contributed by atoms with van der Waals surface area (Å²) in [4.78, 5) is 2.12. The summed E-state index contributed by atoms with van der Waals surface area (Å²) < 4.78 is 66.0. The number of furan rings is 1. The van der Waals surface area contributed by atoms with Crippen molar-refractivity contribution in [3.8, 4) is 33.4 Å². The molecule has 1 heterocycles. The molecule has 48 heavy (non-hydrogen) atoms. The lowest BCUT2D eigenvalue weighted by Crippen LogP contribution is -2.09. The van der Waals surface area contributed by atoms with Crippen molar-refractivity contribution < 1.29 is 14.0 Å². The molecular weight excluding hydrogens is 583 g/mol. The average Bonchev–Trinajstić information content (AvgIpc) is 3.62. The third-order valence-corrected chi connectivity index (χ3v) is 8.80. The largest absolute Gasteiger partial charge is 0.455 e. The lowest BCUT2D eigenvalue weighted by atomic mass is 9.98. The van der Waals surface area contributed by atoms with Crippen LogP contribution in [-0.2, 0) is 0 Å². The van der Waals surface area contributed by atoms with Gasteiger partial charge in [0.1, 0.15) is 11.2 Å². The van der Waals surface area contributed by atoms with Crippen LogP contribution in [0.25, 0.3) is 66.1 Å². The normalized spacial score (nSPS) is 13.4. The molecule has 8 aromatic carbocycles. The highest BCUT2D eigenvalue weighted by Crippen LogP contribution is 2.40. The topological polar surface area (TPSA) is 16.4 Å². The molecule has 2 nitrogen and oxygen atoms in total. The summed E-state index contributed by atoms with van der Waals surface area (Å²) in [6.45, 7) is 0. The van der Waals surface area contributed by atoms with Gasteiger partial charge in [-0.05, 0) is 81.1 Å². The number of fused-ring (bicyclic) bond motifs is 4. The highest BCUT2D eigenvalue weighted by molar-refractivity contribution is 6.09. The number of rotatable bonds is 6. The Balaban J connectivity index is 1.16. The summed E-state index contributed by atoms with van der Waals surface area (Å²) in [5, 5.41) is 2.13. The monoisotopic (exact) mass is 620 g/mol. The van der Waals surface area contributed by atoms with Crippen LogP contribution in [0.15, 0.2) is 192 Å². The maximum Gasteiger partial charge on any atom is 0.143 e.